The van der Waals surface area contributed by atoms with Gasteiger partial charge in [-0.15, -0.1) is 6.42 Å². The van der Waals surface area contributed by atoms with Crippen LogP contribution in [0.3, 0.4) is 0 Å². The van der Waals surface area contributed by atoms with Crippen LogP contribution in [0.25, 0.3) is 0 Å². The van der Waals surface area contributed by atoms with E-state index in [1.165, 1.54) is 12.8 Å². The fourth-order valence-corrected chi connectivity index (χ4v) is 2.55. The maximum Gasteiger partial charge on any atom is 0.323 e. The molecule has 0 unspecified atom stereocenters. The second kappa shape index (κ2) is 5.91. The van der Waals surface area contributed by atoms with Crippen LogP contribution >= 0.6 is 0 Å². The van der Waals surface area contributed by atoms with Crippen LogP contribution in [0.4, 0.5) is 0 Å². The fraction of sp³-hybridized carbons (Fsp3) is 0.769. The zero-order valence-corrected chi connectivity index (χ0v) is 9.96. The van der Waals surface area contributed by atoms with Crippen molar-refractivity contribution in [1.29, 1.82) is 0 Å². The first kappa shape index (κ1) is 13.1. The molecular weight excluding hydrogens is 202 g/mol. The highest BCUT2D eigenvalue weighted by Crippen LogP contribution is 2.34. The first-order valence-corrected chi connectivity index (χ1v) is 6.06. The van der Waals surface area contributed by atoms with E-state index in [-0.39, 0.29) is 0 Å². The van der Waals surface area contributed by atoms with E-state index in [1.54, 1.807) is 0 Å². The lowest BCUT2D eigenvalue weighted by Crippen LogP contribution is -2.54. The highest BCUT2D eigenvalue weighted by Gasteiger charge is 2.40. The summed E-state index contributed by atoms with van der Waals surface area (Å²) in [4.78, 5) is 11.3. The molecule has 0 bridgehead atoms. The van der Waals surface area contributed by atoms with E-state index in [9.17, 15) is 9.90 Å². The van der Waals surface area contributed by atoms with Crippen molar-refractivity contribution in [3.8, 4) is 12.3 Å². The van der Waals surface area contributed by atoms with Crippen LogP contribution in [-0.4, -0.2) is 23.2 Å². The van der Waals surface area contributed by atoms with Crippen LogP contribution in [0.15, 0.2) is 0 Å². The molecule has 16 heavy (non-hydrogen) atoms. The molecule has 0 aromatic carbocycles. The number of terminal acetylenes is 1. The number of aliphatic carboxylic acids is 1. The number of nitrogens with one attached hydrogen (secondary N) is 1. The summed E-state index contributed by atoms with van der Waals surface area (Å²) in [6.45, 7) is 2.51. The van der Waals surface area contributed by atoms with Gasteiger partial charge in [0, 0.05) is 0 Å². The molecule has 1 aliphatic rings. The van der Waals surface area contributed by atoms with Gasteiger partial charge in [0.2, 0.25) is 0 Å². The Morgan fingerprint density at radius 2 is 2.19 bits per heavy atom. The topological polar surface area (TPSA) is 49.3 Å². The maximum atomic E-state index is 11.3. The van der Waals surface area contributed by atoms with Crippen molar-refractivity contribution in [1.82, 2.24) is 5.32 Å². The minimum atomic E-state index is -0.767. The minimum absolute atomic E-state index is 0.338. The monoisotopic (exact) mass is 223 g/mol. The zero-order valence-electron chi connectivity index (χ0n) is 9.96. The summed E-state index contributed by atoms with van der Waals surface area (Å²) in [5.41, 5.74) is -0.767. The smallest absolute Gasteiger partial charge is 0.323 e. The van der Waals surface area contributed by atoms with Gasteiger partial charge in [0.05, 0.1) is 6.54 Å². The van der Waals surface area contributed by atoms with Gasteiger partial charge in [-0.2, -0.15) is 0 Å². The van der Waals surface area contributed by atoms with Crippen molar-refractivity contribution < 1.29 is 9.90 Å². The predicted octanol–water partition coefficient (Wildman–Crippen LogP) is 2.02. The average Bonchev–Trinajstić information content (AvgIpc) is 2.28. The number of carboxylic acids is 1. The Labute approximate surface area is 97.6 Å². The van der Waals surface area contributed by atoms with Gasteiger partial charge in [-0.3, -0.25) is 10.1 Å². The number of rotatable bonds is 5. The molecule has 90 valence electrons. The molecule has 1 rings (SSSR count). The lowest BCUT2D eigenvalue weighted by molar-refractivity contribution is -0.146. The second-order valence-corrected chi connectivity index (χ2v) is 4.68. The molecule has 0 amide bonds. The summed E-state index contributed by atoms with van der Waals surface area (Å²) in [5.74, 6) is 2.40. The number of carbonyl (C=O) groups is 1. The van der Waals surface area contributed by atoms with Crippen LogP contribution in [0, 0.1) is 18.3 Å². The van der Waals surface area contributed by atoms with Crippen molar-refractivity contribution in [2.75, 3.05) is 6.54 Å². The van der Waals surface area contributed by atoms with Gasteiger partial charge in [-0.25, -0.2) is 0 Å². The Kier molecular flexibility index (Phi) is 4.82. The van der Waals surface area contributed by atoms with Crippen LogP contribution < -0.4 is 5.32 Å². The first-order valence-electron chi connectivity index (χ1n) is 6.06. The predicted molar refractivity (Wildman–Crippen MR) is 64.1 cm³/mol. The van der Waals surface area contributed by atoms with Gasteiger partial charge in [0.25, 0.3) is 0 Å². The molecule has 0 heterocycles. The lowest BCUT2D eigenvalue weighted by Gasteiger charge is -2.37. The maximum absolute atomic E-state index is 11.3. The second-order valence-electron chi connectivity index (χ2n) is 4.68. The Bertz CT molecular complexity index is 272. The van der Waals surface area contributed by atoms with Crippen molar-refractivity contribution >= 4 is 5.97 Å². The third-order valence-corrected chi connectivity index (χ3v) is 3.59. The summed E-state index contributed by atoms with van der Waals surface area (Å²) in [7, 11) is 0. The third-order valence-electron chi connectivity index (χ3n) is 3.59. The third kappa shape index (κ3) is 2.99. The van der Waals surface area contributed by atoms with Gasteiger partial charge in [-0.1, -0.05) is 25.7 Å². The van der Waals surface area contributed by atoms with Crippen LogP contribution in [-0.2, 0) is 4.79 Å². The first-order chi connectivity index (χ1) is 7.64. The minimum Gasteiger partial charge on any atom is -0.480 e. The van der Waals surface area contributed by atoms with Crippen LogP contribution in [0.2, 0.25) is 0 Å². The standard InChI is InChI=1S/C13H21NO2/c1-3-5-11-6-8-13(9-7-11,12(15)16)14-10-4-2/h2,11,14H,3,5-10H2,1H3,(H,15,16). The van der Waals surface area contributed by atoms with Crippen LogP contribution in [0.1, 0.15) is 45.4 Å². The van der Waals surface area contributed by atoms with Gasteiger partial charge in [0.1, 0.15) is 5.54 Å². The summed E-state index contributed by atoms with van der Waals surface area (Å²) in [6, 6.07) is 0. The normalized spacial score (nSPS) is 29.6. The molecule has 1 aliphatic carbocycles. The summed E-state index contributed by atoms with van der Waals surface area (Å²) < 4.78 is 0. The summed E-state index contributed by atoms with van der Waals surface area (Å²) >= 11 is 0. The molecule has 0 saturated heterocycles. The van der Waals surface area contributed by atoms with Gasteiger partial charge >= 0.3 is 5.97 Å². The molecule has 2 N–H and O–H groups in total. The molecular formula is C13H21NO2. The van der Waals surface area contributed by atoms with Gasteiger partial charge < -0.3 is 5.11 Å². The van der Waals surface area contributed by atoms with E-state index in [2.05, 4.69) is 18.2 Å². The Morgan fingerprint density at radius 1 is 1.56 bits per heavy atom. The quantitative estimate of drug-likeness (QED) is 0.701. The Morgan fingerprint density at radius 3 is 2.62 bits per heavy atom. The summed E-state index contributed by atoms with van der Waals surface area (Å²) in [5, 5.41) is 12.3. The van der Waals surface area contributed by atoms with Gasteiger partial charge in [-0.05, 0) is 31.6 Å². The molecule has 0 atom stereocenters. The molecule has 0 radical (unpaired) electrons. The van der Waals surface area contributed by atoms with E-state index in [0.717, 1.165) is 12.8 Å². The molecule has 1 fully saturated rings. The Balaban J connectivity index is 2.56. The molecule has 1 saturated carbocycles. The highest BCUT2D eigenvalue weighted by atomic mass is 16.4. The van der Waals surface area contributed by atoms with E-state index in [4.69, 9.17) is 6.42 Å². The highest BCUT2D eigenvalue weighted by molar-refractivity contribution is 5.79. The van der Waals surface area contributed by atoms with Crippen LogP contribution in [0.5, 0.6) is 0 Å². The molecule has 3 nitrogen and oxygen atoms in total. The van der Waals surface area contributed by atoms with Crippen molar-refractivity contribution in [3.05, 3.63) is 0 Å². The van der Waals surface area contributed by atoms with E-state index >= 15 is 0 Å². The van der Waals surface area contributed by atoms with E-state index in [1.807, 2.05) is 0 Å². The van der Waals surface area contributed by atoms with E-state index in [0.29, 0.717) is 25.3 Å². The van der Waals surface area contributed by atoms with Crippen molar-refractivity contribution in [2.45, 2.75) is 51.0 Å². The average molecular weight is 223 g/mol. The van der Waals surface area contributed by atoms with Crippen molar-refractivity contribution in [3.63, 3.8) is 0 Å². The summed E-state index contributed by atoms with van der Waals surface area (Å²) in [6.07, 6.45) is 11.0. The SMILES string of the molecule is C#CCNC1(C(=O)O)CCC(CCC)CC1. The largest absolute Gasteiger partial charge is 0.480 e. The molecule has 0 aliphatic heterocycles. The number of hydrogen-bond donors (Lipinski definition) is 2. The zero-order chi connectivity index (χ0) is 12.0. The molecule has 0 spiro atoms. The number of carboxylic acid groups (broad SMARTS) is 1. The lowest BCUT2D eigenvalue weighted by atomic mass is 9.75. The molecule has 3 heteroatoms. The molecule has 0 aromatic rings. The van der Waals surface area contributed by atoms with Gasteiger partial charge in [0.15, 0.2) is 0 Å². The van der Waals surface area contributed by atoms with Crippen molar-refractivity contribution in [2.24, 2.45) is 5.92 Å². The van der Waals surface area contributed by atoms with E-state index < -0.39 is 11.5 Å². The number of hydrogen-bond acceptors (Lipinski definition) is 2. The molecule has 0 aromatic heterocycles. The Hall–Kier alpha value is -1.01. The fourth-order valence-electron chi connectivity index (χ4n) is 2.55.